The molecule has 1 aromatic carbocycles. The van der Waals surface area contributed by atoms with Crippen LogP contribution in [-0.2, 0) is 20.9 Å². The largest absolute Gasteiger partial charge is 0.379 e. The van der Waals surface area contributed by atoms with Gasteiger partial charge in [-0.3, -0.25) is 14.5 Å². The van der Waals surface area contributed by atoms with Crippen molar-refractivity contribution in [1.29, 1.82) is 0 Å². The summed E-state index contributed by atoms with van der Waals surface area (Å²) in [6, 6.07) is 3.24. The number of nitrogens with one attached hydrogen (secondary N) is 2. The van der Waals surface area contributed by atoms with Gasteiger partial charge in [-0.15, -0.1) is 0 Å². The van der Waals surface area contributed by atoms with Crippen LogP contribution in [0.25, 0.3) is 0 Å². The van der Waals surface area contributed by atoms with Crippen molar-refractivity contribution in [3.05, 3.63) is 35.4 Å². The van der Waals surface area contributed by atoms with Gasteiger partial charge in [-0.2, -0.15) is 0 Å². The Labute approximate surface area is 227 Å². The third kappa shape index (κ3) is 8.73. The second-order valence-corrected chi connectivity index (χ2v) is 12.1. The highest BCUT2D eigenvalue weighted by Gasteiger charge is 2.42. The van der Waals surface area contributed by atoms with Crippen LogP contribution in [0, 0.1) is 28.9 Å². The number of carbonyl (C=O) groups excluding carboxylic acids is 2. The molecule has 8 heteroatoms. The van der Waals surface area contributed by atoms with Crippen LogP contribution in [0.5, 0.6) is 0 Å². The van der Waals surface area contributed by atoms with Gasteiger partial charge in [0, 0.05) is 18.7 Å². The zero-order chi connectivity index (χ0) is 27.7. The summed E-state index contributed by atoms with van der Waals surface area (Å²) >= 11 is 0. The Bertz CT molecular complexity index is 896. The van der Waals surface area contributed by atoms with Crippen molar-refractivity contribution in [2.24, 2.45) is 17.3 Å². The number of carbonyl (C=O) groups is 2. The SMILES string of the molecule is CC(C)C[C@H]1COCCCCCC2(CCN(Cc3c(F)cccc3F)CC2)C(=O)N[C@@H](CC(C)C)C(=O)N1. The Morgan fingerprint density at radius 2 is 1.61 bits per heavy atom. The van der Waals surface area contributed by atoms with Gasteiger partial charge in [-0.1, -0.05) is 46.6 Å². The predicted octanol–water partition coefficient (Wildman–Crippen LogP) is 5.20. The Morgan fingerprint density at radius 1 is 0.947 bits per heavy atom. The molecule has 2 saturated heterocycles. The standard InChI is InChI=1S/C30H47F2N3O3/c1-21(2)17-23-20-38-16-7-5-6-11-30(29(37)34-27(18-22(3)4)28(36)33-23)12-14-35(15-13-30)19-24-25(31)9-8-10-26(24)32/h8-10,21-23,27H,5-7,11-20H2,1-4H3,(H,33,36)(H,34,37)/t23-,27-/m0/s1. The van der Waals surface area contributed by atoms with Gasteiger partial charge >= 0.3 is 0 Å². The van der Waals surface area contributed by atoms with Crippen LogP contribution >= 0.6 is 0 Å². The van der Waals surface area contributed by atoms with Crippen molar-refractivity contribution in [2.45, 2.75) is 97.7 Å². The minimum atomic E-state index is -0.609. The van der Waals surface area contributed by atoms with Crippen LogP contribution in [-0.4, -0.2) is 55.1 Å². The molecule has 0 aliphatic carbocycles. The average molecular weight is 536 g/mol. The summed E-state index contributed by atoms with van der Waals surface area (Å²) in [6.45, 7) is 10.8. The molecule has 2 heterocycles. The first kappa shape index (κ1) is 30.5. The fourth-order valence-electron chi connectivity index (χ4n) is 5.76. The summed E-state index contributed by atoms with van der Waals surface area (Å²) in [5, 5.41) is 6.30. The second-order valence-electron chi connectivity index (χ2n) is 12.1. The van der Waals surface area contributed by atoms with E-state index in [0.717, 1.165) is 32.1 Å². The number of ether oxygens (including phenoxy) is 1. The van der Waals surface area contributed by atoms with Gasteiger partial charge in [0.25, 0.3) is 0 Å². The number of amides is 2. The number of likely N-dealkylation sites (tertiary alicyclic amines) is 1. The molecule has 2 fully saturated rings. The van der Waals surface area contributed by atoms with Crippen LogP contribution in [0.15, 0.2) is 18.2 Å². The quantitative estimate of drug-likeness (QED) is 0.525. The third-order valence-corrected chi connectivity index (χ3v) is 7.93. The van der Waals surface area contributed by atoms with Gasteiger partial charge < -0.3 is 15.4 Å². The number of hydrogen-bond donors (Lipinski definition) is 2. The molecular weight excluding hydrogens is 488 g/mol. The fourth-order valence-corrected chi connectivity index (χ4v) is 5.76. The molecule has 2 aliphatic rings. The maximum absolute atomic E-state index is 14.2. The molecule has 6 nitrogen and oxygen atoms in total. The predicted molar refractivity (Wildman–Crippen MR) is 145 cm³/mol. The summed E-state index contributed by atoms with van der Waals surface area (Å²) in [5.74, 6) is -0.654. The van der Waals surface area contributed by atoms with Crippen LogP contribution in [0.4, 0.5) is 8.78 Å². The molecule has 3 rings (SSSR count). The van der Waals surface area contributed by atoms with E-state index in [9.17, 15) is 18.4 Å². The zero-order valence-electron chi connectivity index (χ0n) is 23.7. The zero-order valence-corrected chi connectivity index (χ0v) is 23.7. The Hall–Kier alpha value is -2.06. The molecule has 0 aromatic heterocycles. The van der Waals surface area contributed by atoms with E-state index in [-0.39, 0.29) is 35.9 Å². The van der Waals surface area contributed by atoms with Gasteiger partial charge in [0.1, 0.15) is 17.7 Å². The normalized spacial score (nSPS) is 24.3. The topological polar surface area (TPSA) is 70.7 Å². The molecule has 2 aliphatic heterocycles. The van der Waals surface area contributed by atoms with Crippen LogP contribution in [0.1, 0.15) is 84.6 Å². The van der Waals surface area contributed by atoms with E-state index in [2.05, 4.69) is 38.3 Å². The first-order chi connectivity index (χ1) is 18.1. The van der Waals surface area contributed by atoms with Gasteiger partial charge in [0.05, 0.1) is 18.1 Å². The minimum Gasteiger partial charge on any atom is -0.379 e. The lowest BCUT2D eigenvalue weighted by Gasteiger charge is -2.42. The lowest BCUT2D eigenvalue weighted by molar-refractivity contribution is -0.139. The molecule has 0 radical (unpaired) electrons. The molecule has 214 valence electrons. The highest BCUT2D eigenvalue weighted by Crippen LogP contribution is 2.38. The molecule has 1 spiro atoms. The number of piperidine rings is 1. The van der Waals surface area contributed by atoms with E-state index in [1.165, 1.54) is 18.2 Å². The first-order valence-electron chi connectivity index (χ1n) is 14.4. The summed E-state index contributed by atoms with van der Waals surface area (Å²) in [4.78, 5) is 29.3. The van der Waals surface area contributed by atoms with E-state index in [1.807, 2.05) is 4.90 Å². The van der Waals surface area contributed by atoms with Crippen LogP contribution in [0.3, 0.4) is 0 Å². The highest BCUT2D eigenvalue weighted by molar-refractivity contribution is 5.90. The van der Waals surface area contributed by atoms with E-state index >= 15 is 0 Å². The summed E-state index contributed by atoms with van der Waals surface area (Å²) in [5.41, 5.74) is -0.522. The molecule has 38 heavy (non-hydrogen) atoms. The summed E-state index contributed by atoms with van der Waals surface area (Å²) < 4.78 is 34.4. The Morgan fingerprint density at radius 3 is 2.24 bits per heavy atom. The van der Waals surface area contributed by atoms with E-state index in [1.54, 1.807) is 0 Å². The van der Waals surface area contributed by atoms with E-state index < -0.39 is 23.1 Å². The fraction of sp³-hybridized carbons (Fsp3) is 0.733. The monoisotopic (exact) mass is 535 g/mol. The molecule has 0 unspecified atom stereocenters. The molecule has 0 bridgehead atoms. The Kier molecular flexibility index (Phi) is 11.5. The van der Waals surface area contributed by atoms with Crippen molar-refractivity contribution in [2.75, 3.05) is 26.3 Å². The maximum Gasteiger partial charge on any atom is 0.242 e. The molecule has 2 amide bonds. The van der Waals surface area contributed by atoms with E-state index in [4.69, 9.17) is 4.74 Å². The first-order valence-corrected chi connectivity index (χ1v) is 14.4. The van der Waals surface area contributed by atoms with Crippen LogP contribution in [0.2, 0.25) is 0 Å². The van der Waals surface area contributed by atoms with Gasteiger partial charge in [-0.25, -0.2) is 8.78 Å². The van der Waals surface area contributed by atoms with Crippen LogP contribution < -0.4 is 10.6 Å². The average Bonchev–Trinajstić information content (AvgIpc) is 2.85. The van der Waals surface area contributed by atoms with Crippen molar-refractivity contribution >= 4 is 11.8 Å². The number of hydrogen-bond acceptors (Lipinski definition) is 4. The molecular formula is C30H47F2N3O3. The third-order valence-electron chi connectivity index (χ3n) is 7.93. The number of halogens is 2. The summed E-state index contributed by atoms with van der Waals surface area (Å²) in [6.07, 6.45) is 6.07. The lowest BCUT2D eigenvalue weighted by Crippen LogP contribution is -2.56. The molecule has 0 saturated carbocycles. The molecule has 2 atom stereocenters. The highest BCUT2D eigenvalue weighted by atomic mass is 19.1. The van der Waals surface area contributed by atoms with Crippen molar-refractivity contribution < 1.29 is 23.1 Å². The van der Waals surface area contributed by atoms with Crippen molar-refractivity contribution in [1.82, 2.24) is 15.5 Å². The number of rotatable bonds is 6. The van der Waals surface area contributed by atoms with Gasteiger partial charge in [0.15, 0.2) is 0 Å². The smallest absolute Gasteiger partial charge is 0.242 e. The maximum atomic E-state index is 14.2. The lowest BCUT2D eigenvalue weighted by atomic mass is 9.73. The number of nitrogens with zero attached hydrogens (tertiary/aromatic N) is 1. The Balaban J connectivity index is 1.75. The second kappa shape index (κ2) is 14.4. The van der Waals surface area contributed by atoms with E-state index in [0.29, 0.717) is 51.5 Å². The minimum absolute atomic E-state index is 0.0660. The molecule has 1 aromatic rings. The van der Waals surface area contributed by atoms with Gasteiger partial charge in [0.2, 0.25) is 11.8 Å². The molecule has 2 N–H and O–H groups in total. The van der Waals surface area contributed by atoms with Crippen molar-refractivity contribution in [3.8, 4) is 0 Å². The summed E-state index contributed by atoms with van der Waals surface area (Å²) in [7, 11) is 0. The van der Waals surface area contributed by atoms with Crippen molar-refractivity contribution in [3.63, 3.8) is 0 Å². The number of benzene rings is 1. The van der Waals surface area contributed by atoms with Gasteiger partial charge in [-0.05, 0) is 75.6 Å².